The summed E-state index contributed by atoms with van der Waals surface area (Å²) < 4.78 is 0. The quantitative estimate of drug-likeness (QED) is 0.635. The maximum atomic E-state index is 11.9. The van der Waals surface area contributed by atoms with Crippen molar-refractivity contribution in [2.45, 2.75) is 39.8 Å². The lowest BCUT2D eigenvalue weighted by molar-refractivity contribution is 0.240. The van der Waals surface area contributed by atoms with Gasteiger partial charge in [0, 0.05) is 19.6 Å². The number of carbonyl (C=O) groups excluding carboxylic acids is 1. The SMILES string of the molecule is CCN(CC)Cc1ccc(CNC(=O)NCCCc2ccccc2)cc1. The van der Waals surface area contributed by atoms with Crippen LogP contribution in [0.5, 0.6) is 0 Å². The summed E-state index contributed by atoms with van der Waals surface area (Å²) in [5.74, 6) is 0. The van der Waals surface area contributed by atoms with Crippen molar-refractivity contribution in [2.75, 3.05) is 19.6 Å². The maximum Gasteiger partial charge on any atom is 0.315 e. The van der Waals surface area contributed by atoms with Gasteiger partial charge < -0.3 is 10.6 Å². The first-order chi connectivity index (χ1) is 12.7. The van der Waals surface area contributed by atoms with E-state index in [-0.39, 0.29) is 6.03 Å². The van der Waals surface area contributed by atoms with Crippen LogP contribution in [0.3, 0.4) is 0 Å². The highest BCUT2D eigenvalue weighted by Crippen LogP contribution is 2.07. The molecule has 0 aliphatic carbocycles. The van der Waals surface area contributed by atoms with Gasteiger partial charge in [-0.05, 0) is 42.6 Å². The molecule has 0 aliphatic heterocycles. The Kier molecular flexibility index (Phi) is 8.70. The van der Waals surface area contributed by atoms with E-state index in [1.807, 2.05) is 18.2 Å². The Hall–Kier alpha value is -2.33. The molecule has 0 spiro atoms. The molecule has 0 atom stereocenters. The van der Waals surface area contributed by atoms with Gasteiger partial charge in [0.05, 0.1) is 0 Å². The number of aryl methyl sites for hydroxylation is 1. The van der Waals surface area contributed by atoms with Crippen LogP contribution in [0.2, 0.25) is 0 Å². The zero-order chi connectivity index (χ0) is 18.6. The molecule has 0 bridgehead atoms. The first-order valence-corrected chi connectivity index (χ1v) is 9.57. The largest absolute Gasteiger partial charge is 0.338 e. The number of benzene rings is 2. The second-order valence-electron chi connectivity index (χ2n) is 6.48. The lowest BCUT2D eigenvalue weighted by atomic mass is 10.1. The van der Waals surface area contributed by atoms with Crippen LogP contribution < -0.4 is 10.6 Å². The van der Waals surface area contributed by atoms with Crippen molar-refractivity contribution in [3.05, 3.63) is 71.3 Å². The fraction of sp³-hybridized carbons (Fsp3) is 0.409. The van der Waals surface area contributed by atoms with Crippen molar-refractivity contribution in [3.8, 4) is 0 Å². The van der Waals surface area contributed by atoms with Crippen LogP contribution in [-0.2, 0) is 19.5 Å². The summed E-state index contributed by atoms with van der Waals surface area (Å²) in [4.78, 5) is 14.3. The van der Waals surface area contributed by atoms with E-state index in [1.54, 1.807) is 0 Å². The Morgan fingerprint density at radius 2 is 1.50 bits per heavy atom. The minimum atomic E-state index is -0.106. The van der Waals surface area contributed by atoms with Gasteiger partial charge in [-0.25, -0.2) is 4.79 Å². The van der Waals surface area contributed by atoms with E-state index in [2.05, 4.69) is 65.8 Å². The van der Waals surface area contributed by atoms with Crippen LogP contribution in [0.15, 0.2) is 54.6 Å². The van der Waals surface area contributed by atoms with Gasteiger partial charge in [0.1, 0.15) is 0 Å². The highest BCUT2D eigenvalue weighted by Gasteiger charge is 2.03. The van der Waals surface area contributed by atoms with Crippen molar-refractivity contribution in [3.63, 3.8) is 0 Å². The summed E-state index contributed by atoms with van der Waals surface area (Å²) in [7, 11) is 0. The molecule has 0 aromatic heterocycles. The molecule has 4 heteroatoms. The molecule has 0 saturated heterocycles. The normalized spacial score (nSPS) is 10.7. The van der Waals surface area contributed by atoms with Crippen LogP contribution in [0.4, 0.5) is 4.79 Å². The summed E-state index contributed by atoms with van der Waals surface area (Å²) >= 11 is 0. The standard InChI is InChI=1S/C22H31N3O/c1-3-25(4-2)18-21-14-12-20(13-15-21)17-24-22(26)23-16-8-11-19-9-6-5-7-10-19/h5-7,9-10,12-15H,3-4,8,11,16-18H2,1-2H3,(H2,23,24,26). The third-order valence-electron chi connectivity index (χ3n) is 4.55. The van der Waals surface area contributed by atoms with Crippen molar-refractivity contribution in [1.29, 1.82) is 0 Å². The lowest BCUT2D eigenvalue weighted by Gasteiger charge is -2.18. The van der Waals surface area contributed by atoms with E-state index < -0.39 is 0 Å². The van der Waals surface area contributed by atoms with Gasteiger partial charge in [-0.1, -0.05) is 68.4 Å². The number of urea groups is 1. The maximum absolute atomic E-state index is 11.9. The molecule has 2 N–H and O–H groups in total. The van der Waals surface area contributed by atoms with E-state index in [9.17, 15) is 4.79 Å². The fourth-order valence-corrected chi connectivity index (χ4v) is 2.85. The molecule has 26 heavy (non-hydrogen) atoms. The van der Waals surface area contributed by atoms with Crippen molar-refractivity contribution < 1.29 is 4.79 Å². The molecule has 0 aliphatic rings. The van der Waals surface area contributed by atoms with Crippen LogP contribution in [-0.4, -0.2) is 30.6 Å². The second-order valence-corrected chi connectivity index (χ2v) is 6.48. The summed E-state index contributed by atoms with van der Waals surface area (Å²) in [6, 6.07) is 18.7. The minimum Gasteiger partial charge on any atom is -0.338 e. The Morgan fingerprint density at radius 1 is 0.846 bits per heavy atom. The number of nitrogens with one attached hydrogen (secondary N) is 2. The molecule has 0 fully saturated rings. The highest BCUT2D eigenvalue weighted by molar-refractivity contribution is 5.73. The molecule has 4 nitrogen and oxygen atoms in total. The molecule has 0 saturated carbocycles. The first-order valence-electron chi connectivity index (χ1n) is 9.57. The van der Waals surface area contributed by atoms with Crippen LogP contribution >= 0.6 is 0 Å². The van der Waals surface area contributed by atoms with Gasteiger partial charge in [0.2, 0.25) is 0 Å². The zero-order valence-corrected chi connectivity index (χ0v) is 16.0. The van der Waals surface area contributed by atoms with Gasteiger partial charge in [-0.3, -0.25) is 4.90 Å². The number of nitrogens with zero attached hydrogens (tertiary/aromatic N) is 1. The van der Waals surface area contributed by atoms with Gasteiger partial charge in [0.15, 0.2) is 0 Å². The van der Waals surface area contributed by atoms with Gasteiger partial charge in [0.25, 0.3) is 0 Å². The molecule has 2 amide bonds. The summed E-state index contributed by atoms with van der Waals surface area (Å²) in [5, 5.41) is 5.84. The molecule has 0 heterocycles. The molecule has 140 valence electrons. The molecule has 0 radical (unpaired) electrons. The predicted octanol–water partition coefficient (Wildman–Crippen LogP) is 3.96. The third-order valence-corrected chi connectivity index (χ3v) is 4.55. The number of rotatable bonds is 10. The third kappa shape index (κ3) is 7.28. The average Bonchev–Trinajstić information content (AvgIpc) is 2.69. The van der Waals surface area contributed by atoms with Crippen molar-refractivity contribution in [1.82, 2.24) is 15.5 Å². The molecule has 2 rings (SSSR count). The van der Waals surface area contributed by atoms with Gasteiger partial charge in [-0.15, -0.1) is 0 Å². The van der Waals surface area contributed by atoms with Gasteiger partial charge in [-0.2, -0.15) is 0 Å². The molecular formula is C22H31N3O. The Morgan fingerprint density at radius 3 is 2.15 bits per heavy atom. The highest BCUT2D eigenvalue weighted by atomic mass is 16.2. The molecule has 0 unspecified atom stereocenters. The average molecular weight is 354 g/mol. The van der Waals surface area contributed by atoms with Crippen LogP contribution in [0.25, 0.3) is 0 Å². The minimum absolute atomic E-state index is 0.106. The number of carbonyl (C=O) groups is 1. The fourth-order valence-electron chi connectivity index (χ4n) is 2.85. The first kappa shape index (κ1) is 20.0. The molecule has 2 aromatic carbocycles. The number of amides is 2. The van der Waals surface area contributed by atoms with Crippen LogP contribution in [0, 0.1) is 0 Å². The summed E-state index contributed by atoms with van der Waals surface area (Å²) in [6.07, 6.45) is 1.92. The van der Waals surface area contributed by atoms with Crippen LogP contribution in [0.1, 0.15) is 37.0 Å². The molecular weight excluding hydrogens is 322 g/mol. The second kappa shape index (κ2) is 11.3. The van der Waals surface area contributed by atoms with E-state index in [0.717, 1.165) is 38.0 Å². The topological polar surface area (TPSA) is 44.4 Å². The smallest absolute Gasteiger partial charge is 0.315 e. The zero-order valence-electron chi connectivity index (χ0n) is 16.0. The van der Waals surface area contributed by atoms with Gasteiger partial charge >= 0.3 is 6.03 Å². The molecule has 2 aromatic rings. The van der Waals surface area contributed by atoms with E-state index in [4.69, 9.17) is 0 Å². The Balaban J connectivity index is 1.64. The lowest BCUT2D eigenvalue weighted by Crippen LogP contribution is -2.35. The Labute approximate surface area is 157 Å². The van der Waals surface area contributed by atoms with Crippen molar-refractivity contribution in [2.24, 2.45) is 0 Å². The van der Waals surface area contributed by atoms with E-state index in [0.29, 0.717) is 13.1 Å². The summed E-state index contributed by atoms with van der Waals surface area (Å²) in [6.45, 7) is 8.69. The summed E-state index contributed by atoms with van der Waals surface area (Å²) in [5.41, 5.74) is 3.73. The van der Waals surface area contributed by atoms with Crippen molar-refractivity contribution >= 4 is 6.03 Å². The van der Waals surface area contributed by atoms with E-state index in [1.165, 1.54) is 11.1 Å². The predicted molar refractivity (Wildman–Crippen MR) is 108 cm³/mol. The monoisotopic (exact) mass is 353 g/mol. The number of hydrogen-bond donors (Lipinski definition) is 2. The Bertz CT molecular complexity index is 636. The number of hydrogen-bond acceptors (Lipinski definition) is 2. The van der Waals surface area contributed by atoms with E-state index >= 15 is 0 Å².